The molecule has 0 spiro atoms. The maximum absolute atomic E-state index is 14.4. The molecule has 4 aromatic rings. The molecule has 0 aliphatic rings. The lowest BCUT2D eigenvalue weighted by Crippen LogP contribution is -2.22. The Hall–Kier alpha value is -4.27. The second-order valence-electron chi connectivity index (χ2n) is 12.6. The average Bonchev–Trinajstić information content (AvgIpc) is 3.39. The average molecular weight is 643 g/mol. The Kier molecular flexibility index (Phi) is 12.5. The monoisotopic (exact) mass is 642 g/mol. The fourth-order valence-corrected chi connectivity index (χ4v) is 6.48. The lowest BCUT2D eigenvalue weighted by molar-refractivity contribution is -0.139. The number of nitrogens with one attached hydrogen (secondary N) is 1. The number of benzene rings is 3. The number of amides is 1. The van der Waals surface area contributed by atoms with Gasteiger partial charge < -0.3 is 25.2 Å². The third-order valence-corrected chi connectivity index (χ3v) is 8.67. The molecule has 1 aromatic heterocycles. The molecule has 3 aromatic carbocycles. The van der Waals surface area contributed by atoms with E-state index < -0.39 is 24.6 Å². The molecule has 0 saturated heterocycles. The first-order chi connectivity index (χ1) is 22.5. The van der Waals surface area contributed by atoms with Crippen molar-refractivity contribution in [3.63, 3.8) is 0 Å². The maximum Gasteiger partial charge on any atom is 0.305 e. The van der Waals surface area contributed by atoms with Crippen molar-refractivity contribution in [1.29, 1.82) is 0 Å². The zero-order valence-corrected chi connectivity index (χ0v) is 27.7. The van der Waals surface area contributed by atoms with Gasteiger partial charge >= 0.3 is 5.97 Å². The van der Waals surface area contributed by atoms with Gasteiger partial charge in [0.15, 0.2) is 0 Å². The summed E-state index contributed by atoms with van der Waals surface area (Å²) < 4.78 is 16.2. The van der Waals surface area contributed by atoms with E-state index >= 15 is 0 Å². The summed E-state index contributed by atoms with van der Waals surface area (Å²) in [5.41, 5.74) is 6.11. The normalized spacial score (nSPS) is 13.4. The Bertz CT molecular complexity index is 1610. The standard InChI is InChI=1S/C39H47FN2O5/c1-5-10-26(6-2)27-15-19-31(20-16-27)41-39(47)36-35(28-11-8-7-9-12-28)38(29-13-17-30(40)18-14-29)42(37(36)25(3)4)22-21-32(43)23-33(44)24-34(45)46/h7-9,11-20,25-26,32-33,43-44H,5-6,10,21-24H2,1-4H3,(H,41,47)(H,45,46). The number of nitrogens with zero attached hydrogens (tertiary/aromatic N) is 1. The Morgan fingerprint density at radius 1 is 0.851 bits per heavy atom. The van der Waals surface area contributed by atoms with E-state index in [1.54, 1.807) is 12.1 Å². The van der Waals surface area contributed by atoms with Crippen LogP contribution in [0.2, 0.25) is 0 Å². The number of carboxylic acid groups (broad SMARTS) is 1. The van der Waals surface area contributed by atoms with E-state index in [0.717, 1.165) is 30.5 Å². The van der Waals surface area contributed by atoms with Gasteiger partial charge in [-0.1, -0.05) is 76.6 Å². The SMILES string of the molecule is CCCC(CC)c1ccc(NC(=O)c2c(-c3ccccc3)c(-c3ccc(F)cc3)n(CCC(O)CC(O)CC(=O)O)c2C(C)C)cc1. The summed E-state index contributed by atoms with van der Waals surface area (Å²) >= 11 is 0. The van der Waals surface area contributed by atoms with Crippen LogP contribution in [0.1, 0.15) is 99.7 Å². The number of hydrogen-bond acceptors (Lipinski definition) is 4. The zero-order chi connectivity index (χ0) is 34.1. The van der Waals surface area contributed by atoms with Crippen molar-refractivity contribution in [3.05, 3.63) is 102 Å². The van der Waals surface area contributed by atoms with E-state index in [9.17, 15) is 24.2 Å². The van der Waals surface area contributed by atoms with E-state index in [4.69, 9.17) is 5.11 Å². The van der Waals surface area contributed by atoms with E-state index in [2.05, 4.69) is 31.3 Å². The Morgan fingerprint density at radius 2 is 1.51 bits per heavy atom. The topological polar surface area (TPSA) is 112 Å². The molecule has 4 rings (SSSR count). The van der Waals surface area contributed by atoms with E-state index in [-0.39, 0.29) is 37.0 Å². The lowest BCUT2D eigenvalue weighted by atomic mass is 9.92. The minimum absolute atomic E-state index is 0.0948. The first kappa shape index (κ1) is 35.6. The number of aliphatic carboxylic acids is 1. The summed E-state index contributed by atoms with van der Waals surface area (Å²) in [6, 6.07) is 23.8. The van der Waals surface area contributed by atoms with Gasteiger partial charge in [0.2, 0.25) is 0 Å². The van der Waals surface area contributed by atoms with Crippen LogP contribution < -0.4 is 5.32 Å². The molecule has 47 heavy (non-hydrogen) atoms. The van der Waals surface area contributed by atoms with Gasteiger partial charge in [-0.3, -0.25) is 9.59 Å². The molecule has 0 radical (unpaired) electrons. The van der Waals surface area contributed by atoms with Crippen molar-refractivity contribution in [2.24, 2.45) is 0 Å². The molecule has 0 fully saturated rings. The number of carbonyl (C=O) groups is 2. The molecule has 7 nitrogen and oxygen atoms in total. The van der Waals surface area contributed by atoms with Crippen LogP contribution in [0.25, 0.3) is 22.4 Å². The van der Waals surface area contributed by atoms with E-state index in [0.29, 0.717) is 34.0 Å². The molecule has 250 valence electrons. The van der Waals surface area contributed by atoms with Gasteiger partial charge in [-0.15, -0.1) is 0 Å². The predicted molar refractivity (Wildman–Crippen MR) is 185 cm³/mol. The highest BCUT2D eigenvalue weighted by molar-refractivity contribution is 6.12. The van der Waals surface area contributed by atoms with Crippen LogP contribution in [0, 0.1) is 5.82 Å². The third-order valence-electron chi connectivity index (χ3n) is 8.67. The van der Waals surface area contributed by atoms with Gasteiger partial charge in [-0.2, -0.15) is 0 Å². The van der Waals surface area contributed by atoms with Crippen molar-refractivity contribution in [2.75, 3.05) is 5.32 Å². The van der Waals surface area contributed by atoms with E-state index in [1.165, 1.54) is 17.7 Å². The van der Waals surface area contributed by atoms with E-state index in [1.807, 2.05) is 60.9 Å². The van der Waals surface area contributed by atoms with Gasteiger partial charge in [-0.05, 0) is 90.6 Å². The van der Waals surface area contributed by atoms with Crippen molar-refractivity contribution in [2.45, 2.75) is 96.8 Å². The Balaban J connectivity index is 1.84. The van der Waals surface area contributed by atoms with Crippen LogP contribution in [0.3, 0.4) is 0 Å². The molecule has 0 aliphatic carbocycles. The number of carboxylic acids is 1. The molecule has 8 heteroatoms. The molecule has 3 atom stereocenters. The highest BCUT2D eigenvalue weighted by atomic mass is 19.1. The molecule has 0 aliphatic heterocycles. The molecule has 1 heterocycles. The number of rotatable bonds is 16. The van der Waals surface area contributed by atoms with Crippen molar-refractivity contribution >= 4 is 17.6 Å². The molecule has 0 bridgehead atoms. The number of aliphatic hydroxyl groups is 2. The highest BCUT2D eigenvalue weighted by Gasteiger charge is 2.31. The predicted octanol–water partition coefficient (Wildman–Crippen LogP) is 8.61. The molecule has 1 amide bonds. The number of aromatic nitrogens is 1. The number of anilines is 1. The summed E-state index contributed by atoms with van der Waals surface area (Å²) in [5, 5.41) is 33.2. The van der Waals surface area contributed by atoms with Crippen LogP contribution in [0.4, 0.5) is 10.1 Å². The first-order valence-corrected chi connectivity index (χ1v) is 16.6. The van der Waals surface area contributed by atoms with Gasteiger partial charge in [0.1, 0.15) is 5.82 Å². The fraction of sp³-hybridized carbons (Fsp3) is 0.385. The maximum atomic E-state index is 14.4. The van der Waals surface area contributed by atoms with Gasteiger partial charge in [0, 0.05) is 23.5 Å². The number of carbonyl (C=O) groups excluding carboxylic acids is 1. The quantitative estimate of drug-likeness (QED) is 0.0978. The van der Waals surface area contributed by atoms with Crippen LogP contribution in [-0.2, 0) is 11.3 Å². The van der Waals surface area contributed by atoms with Crippen LogP contribution in [-0.4, -0.2) is 44.0 Å². The Labute approximate surface area is 277 Å². The minimum Gasteiger partial charge on any atom is -0.481 e. The third kappa shape index (κ3) is 8.96. The first-order valence-electron chi connectivity index (χ1n) is 16.6. The van der Waals surface area contributed by atoms with Gasteiger partial charge in [0.05, 0.1) is 29.9 Å². The molecular formula is C39H47FN2O5. The van der Waals surface area contributed by atoms with Crippen LogP contribution >= 0.6 is 0 Å². The largest absolute Gasteiger partial charge is 0.481 e. The summed E-state index contributed by atoms with van der Waals surface area (Å²) in [5.74, 6) is -1.45. The highest BCUT2D eigenvalue weighted by Crippen LogP contribution is 2.43. The van der Waals surface area contributed by atoms with Crippen LogP contribution in [0.15, 0.2) is 78.9 Å². The van der Waals surface area contributed by atoms with Gasteiger partial charge in [0.25, 0.3) is 5.91 Å². The van der Waals surface area contributed by atoms with Gasteiger partial charge in [-0.25, -0.2) is 4.39 Å². The van der Waals surface area contributed by atoms with Crippen molar-refractivity contribution < 1.29 is 29.3 Å². The van der Waals surface area contributed by atoms with Crippen LogP contribution in [0.5, 0.6) is 0 Å². The molecule has 4 N–H and O–H groups in total. The Morgan fingerprint density at radius 3 is 2.09 bits per heavy atom. The number of aliphatic hydroxyl groups excluding tert-OH is 2. The zero-order valence-electron chi connectivity index (χ0n) is 27.7. The number of halogens is 1. The number of hydrogen-bond donors (Lipinski definition) is 4. The van der Waals surface area contributed by atoms with Crippen molar-refractivity contribution in [3.8, 4) is 22.4 Å². The molecular weight excluding hydrogens is 595 g/mol. The molecule has 3 unspecified atom stereocenters. The minimum atomic E-state index is -1.18. The second kappa shape index (κ2) is 16.5. The molecule has 0 saturated carbocycles. The van der Waals surface area contributed by atoms with Crippen molar-refractivity contribution in [1.82, 2.24) is 4.57 Å². The fourth-order valence-electron chi connectivity index (χ4n) is 6.48. The summed E-state index contributed by atoms with van der Waals surface area (Å²) in [6.45, 7) is 8.66. The summed E-state index contributed by atoms with van der Waals surface area (Å²) in [4.78, 5) is 25.5. The summed E-state index contributed by atoms with van der Waals surface area (Å²) in [7, 11) is 0. The smallest absolute Gasteiger partial charge is 0.305 e. The second-order valence-corrected chi connectivity index (χ2v) is 12.6. The summed E-state index contributed by atoms with van der Waals surface area (Å²) in [6.07, 6.45) is 0.732. The lowest BCUT2D eigenvalue weighted by Gasteiger charge is -2.20.